The molecule has 144 valence electrons. The van der Waals surface area contributed by atoms with Crippen molar-refractivity contribution in [3.8, 4) is 6.07 Å². The van der Waals surface area contributed by atoms with Crippen molar-refractivity contribution >= 4 is 22.8 Å². The molecular weight excluding hydrogens is 344 g/mol. The lowest BCUT2D eigenvalue weighted by atomic mass is 10.1. The minimum absolute atomic E-state index is 0.0947. The first-order chi connectivity index (χ1) is 13.2. The summed E-state index contributed by atoms with van der Waals surface area (Å²) in [4.78, 5) is 23.9. The van der Waals surface area contributed by atoms with Gasteiger partial charge in [0.25, 0.3) is 0 Å². The minimum atomic E-state index is -1.13. The Hall–Kier alpha value is -2.72. The number of nitrogens with zero attached hydrogens (tertiary/aromatic N) is 4. The van der Waals surface area contributed by atoms with Gasteiger partial charge in [-0.25, -0.2) is 9.97 Å². The van der Waals surface area contributed by atoms with Crippen LogP contribution in [0, 0.1) is 11.3 Å². The number of nitriles is 1. The standard InChI is InChI=1S/C20H26N4O3/c1-4-10-24(11-5-2)19-18(15(14-21)20(25)27-13-12-26-3)22-16-8-6-7-9-17(16)23-19/h6-9,15H,4-5,10-13H2,1-3H3/t15-/m0/s1. The van der Waals surface area contributed by atoms with E-state index in [-0.39, 0.29) is 13.2 Å². The Bertz CT molecular complexity index is 797. The van der Waals surface area contributed by atoms with Crippen molar-refractivity contribution in [2.75, 3.05) is 38.3 Å². The first-order valence-corrected chi connectivity index (χ1v) is 9.23. The van der Waals surface area contributed by atoms with E-state index in [0.717, 1.165) is 31.4 Å². The number of ether oxygens (including phenoxy) is 2. The van der Waals surface area contributed by atoms with Crippen LogP contribution in [0.15, 0.2) is 24.3 Å². The predicted molar refractivity (Wildman–Crippen MR) is 104 cm³/mol. The molecule has 1 atom stereocenters. The first kappa shape index (κ1) is 20.6. The predicted octanol–water partition coefficient (Wildman–Crippen LogP) is 3.05. The zero-order valence-corrected chi connectivity index (χ0v) is 16.1. The van der Waals surface area contributed by atoms with Crippen molar-refractivity contribution in [1.82, 2.24) is 9.97 Å². The Morgan fingerprint density at radius 3 is 2.33 bits per heavy atom. The van der Waals surface area contributed by atoms with Gasteiger partial charge in [0.05, 0.1) is 23.7 Å². The third-order valence-corrected chi connectivity index (χ3v) is 4.03. The van der Waals surface area contributed by atoms with E-state index in [1.807, 2.05) is 30.3 Å². The molecule has 0 fully saturated rings. The zero-order chi connectivity index (χ0) is 19.6. The average Bonchev–Trinajstić information content (AvgIpc) is 2.68. The molecule has 1 aromatic heterocycles. The maximum absolute atomic E-state index is 12.5. The SMILES string of the molecule is CCCN(CCC)c1nc2ccccc2nc1[C@H](C#N)C(=O)OCCOC. The molecule has 0 bridgehead atoms. The fraction of sp³-hybridized carbons (Fsp3) is 0.500. The monoisotopic (exact) mass is 370 g/mol. The maximum Gasteiger partial charge on any atom is 0.329 e. The molecule has 0 aliphatic carbocycles. The fourth-order valence-electron chi connectivity index (χ4n) is 2.83. The molecule has 1 heterocycles. The van der Waals surface area contributed by atoms with Crippen LogP contribution >= 0.6 is 0 Å². The van der Waals surface area contributed by atoms with Gasteiger partial charge >= 0.3 is 5.97 Å². The van der Waals surface area contributed by atoms with Crippen LogP contribution in [0.1, 0.15) is 38.3 Å². The van der Waals surface area contributed by atoms with Crippen molar-refractivity contribution < 1.29 is 14.3 Å². The van der Waals surface area contributed by atoms with Crippen molar-refractivity contribution in [1.29, 1.82) is 5.26 Å². The number of fused-ring (bicyclic) bond motifs is 1. The molecule has 0 N–H and O–H groups in total. The number of esters is 1. The second kappa shape index (κ2) is 10.4. The number of rotatable bonds is 10. The maximum atomic E-state index is 12.5. The highest BCUT2D eigenvalue weighted by Crippen LogP contribution is 2.28. The molecule has 0 aliphatic heterocycles. The summed E-state index contributed by atoms with van der Waals surface area (Å²) in [5.41, 5.74) is 1.73. The molecule has 2 rings (SSSR count). The van der Waals surface area contributed by atoms with Gasteiger partial charge in [-0.05, 0) is 25.0 Å². The largest absolute Gasteiger partial charge is 0.462 e. The van der Waals surface area contributed by atoms with Gasteiger partial charge in [-0.2, -0.15) is 5.26 Å². The van der Waals surface area contributed by atoms with Crippen LogP contribution in [0.3, 0.4) is 0 Å². The molecule has 7 nitrogen and oxygen atoms in total. The van der Waals surface area contributed by atoms with E-state index in [1.54, 1.807) is 0 Å². The Balaban J connectivity index is 2.51. The molecule has 0 saturated heterocycles. The van der Waals surface area contributed by atoms with Crippen LogP contribution in [0.2, 0.25) is 0 Å². The van der Waals surface area contributed by atoms with E-state index in [0.29, 0.717) is 17.0 Å². The van der Waals surface area contributed by atoms with Crippen molar-refractivity contribution in [3.05, 3.63) is 30.0 Å². The van der Waals surface area contributed by atoms with Gasteiger partial charge < -0.3 is 14.4 Å². The molecule has 7 heteroatoms. The molecule has 2 aromatic rings. The number of hydrogen-bond donors (Lipinski definition) is 0. The highest BCUT2D eigenvalue weighted by Gasteiger charge is 2.29. The van der Waals surface area contributed by atoms with E-state index < -0.39 is 11.9 Å². The van der Waals surface area contributed by atoms with Crippen LogP contribution in [-0.4, -0.2) is 49.4 Å². The number of benzene rings is 1. The van der Waals surface area contributed by atoms with Gasteiger partial charge in [0.15, 0.2) is 11.7 Å². The number of methoxy groups -OCH3 is 1. The third kappa shape index (κ3) is 5.14. The highest BCUT2D eigenvalue weighted by atomic mass is 16.6. The first-order valence-electron chi connectivity index (χ1n) is 9.23. The Morgan fingerprint density at radius 1 is 1.15 bits per heavy atom. The summed E-state index contributed by atoms with van der Waals surface area (Å²) < 4.78 is 10.1. The van der Waals surface area contributed by atoms with Crippen LogP contribution in [0.4, 0.5) is 5.82 Å². The molecule has 0 amide bonds. The van der Waals surface area contributed by atoms with Gasteiger partial charge in [-0.1, -0.05) is 26.0 Å². The van der Waals surface area contributed by atoms with E-state index in [4.69, 9.17) is 14.5 Å². The minimum Gasteiger partial charge on any atom is -0.462 e. The second-order valence-corrected chi connectivity index (χ2v) is 6.13. The Labute approximate surface area is 159 Å². The number of carbonyl (C=O) groups excluding carboxylic acids is 1. The lowest BCUT2D eigenvalue weighted by Crippen LogP contribution is -2.29. The van der Waals surface area contributed by atoms with Gasteiger partial charge in [-0.3, -0.25) is 4.79 Å². The summed E-state index contributed by atoms with van der Waals surface area (Å²) >= 11 is 0. The molecule has 1 aromatic carbocycles. The van der Waals surface area contributed by atoms with Gasteiger partial charge in [0.1, 0.15) is 12.3 Å². The van der Waals surface area contributed by atoms with Crippen LogP contribution in [-0.2, 0) is 14.3 Å². The zero-order valence-electron chi connectivity index (χ0n) is 16.1. The smallest absolute Gasteiger partial charge is 0.329 e. The molecule has 0 saturated carbocycles. The summed E-state index contributed by atoms with van der Waals surface area (Å²) in [6, 6.07) is 9.50. The summed E-state index contributed by atoms with van der Waals surface area (Å²) in [6.45, 7) is 6.07. The van der Waals surface area contributed by atoms with Crippen LogP contribution in [0.5, 0.6) is 0 Å². The van der Waals surface area contributed by atoms with Crippen molar-refractivity contribution in [2.24, 2.45) is 0 Å². The lowest BCUT2D eigenvalue weighted by molar-refractivity contribution is -0.145. The van der Waals surface area contributed by atoms with Crippen LogP contribution < -0.4 is 4.90 Å². The van der Waals surface area contributed by atoms with E-state index in [2.05, 4.69) is 23.7 Å². The number of aromatic nitrogens is 2. The molecule has 0 spiro atoms. The Kier molecular flexibility index (Phi) is 7.96. The highest BCUT2D eigenvalue weighted by molar-refractivity contribution is 5.85. The molecule has 27 heavy (non-hydrogen) atoms. The topological polar surface area (TPSA) is 88.3 Å². The van der Waals surface area contributed by atoms with Crippen molar-refractivity contribution in [2.45, 2.75) is 32.6 Å². The van der Waals surface area contributed by atoms with Crippen molar-refractivity contribution in [3.63, 3.8) is 0 Å². The third-order valence-electron chi connectivity index (χ3n) is 4.03. The molecule has 0 unspecified atom stereocenters. The number of para-hydroxylation sites is 2. The summed E-state index contributed by atoms with van der Waals surface area (Å²) in [5.74, 6) is -1.19. The number of carbonyl (C=O) groups is 1. The summed E-state index contributed by atoms with van der Waals surface area (Å²) in [5, 5.41) is 9.68. The normalized spacial score (nSPS) is 11.8. The average molecular weight is 370 g/mol. The number of anilines is 1. The van der Waals surface area contributed by atoms with E-state index in [9.17, 15) is 10.1 Å². The van der Waals surface area contributed by atoms with E-state index in [1.165, 1.54) is 7.11 Å². The molecule has 0 aliphatic rings. The van der Waals surface area contributed by atoms with Crippen LogP contribution in [0.25, 0.3) is 11.0 Å². The second-order valence-electron chi connectivity index (χ2n) is 6.13. The molecular formula is C20H26N4O3. The fourth-order valence-corrected chi connectivity index (χ4v) is 2.83. The molecule has 0 radical (unpaired) electrons. The lowest BCUT2D eigenvalue weighted by Gasteiger charge is -2.25. The van der Waals surface area contributed by atoms with E-state index >= 15 is 0 Å². The quantitative estimate of drug-likeness (QED) is 0.469. The summed E-state index contributed by atoms with van der Waals surface area (Å²) in [7, 11) is 1.52. The van der Waals surface area contributed by atoms with Gasteiger partial charge in [-0.15, -0.1) is 0 Å². The Morgan fingerprint density at radius 2 is 1.78 bits per heavy atom. The number of hydrogen-bond acceptors (Lipinski definition) is 7. The van der Waals surface area contributed by atoms with Gasteiger partial charge in [0, 0.05) is 20.2 Å². The summed E-state index contributed by atoms with van der Waals surface area (Å²) in [6.07, 6.45) is 1.84. The van der Waals surface area contributed by atoms with Gasteiger partial charge in [0.2, 0.25) is 0 Å².